The van der Waals surface area contributed by atoms with Gasteiger partial charge in [0, 0.05) is 0 Å². The molecule has 0 bridgehead atoms. The second-order valence-electron chi connectivity index (χ2n) is 9.60. The molecule has 0 aromatic heterocycles. The maximum Gasteiger partial charge on any atom is 0.139 e. The van der Waals surface area contributed by atoms with E-state index in [1.165, 1.54) is 23.3 Å². The lowest BCUT2D eigenvalue weighted by Gasteiger charge is -2.26. The van der Waals surface area contributed by atoms with E-state index in [2.05, 4.69) is 26.0 Å². The van der Waals surface area contributed by atoms with Gasteiger partial charge >= 0.3 is 0 Å². The summed E-state index contributed by atoms with van der Waals surface area (Å²) in [6.07, 6.45) is -3.29. The maximum absolute atomic E-state index is 10.4. The summed E-state index contributed by atoms with van der Waals surface area (Å²) in [5.41, 5.74) is 3.59. The van der Waals surface area contributed by atoms with Crippen LogP contribution in [0.25, 0.3) is 33.7 Å². The van der Waals surface area contributed by atoms with Crippen LogP contribution in [0.3, 0.4) is 0 Å². The summed E-state index contributed by atoms with van der Waals surface area (Å²) in [4.78, 5) is 0. The summed E-state index contributed by atoms with van der Waals surface area (Å²) in [6, 6.07) is 23.1. The Kier molecular flexibility index (Phi) is 8.49. The van der Waals surface area contributed by atoms with Gasteiger partial charge in [0.25, 0.3) is 0 Å². The Labute approximate surface area is 222 Å². The van der Waals surface area contributed by atoms with Crippen molar-refractivity contribution in [3.63, 3.8) is 0 Å². The van der Waals surface area contributed by atoms with Gasteiger partial charge in [-0.2, -0.15) is 0 Å². The first-order chi connectivity index (χ1) is 18.2. The first-order valence-corrected chi connectivity index (χ1v) is 12.8. The summed E-state index contributed by atoms with van der Waals surface area (Å²) < 4.78 is 0. The molecule has 0 unspecified atom stereocenters. The van der Waals surface area contributed by atoms with Crippen molar-refractivity contribution in [2.24, 2.45) is 0 Å². The van der Waals surface area contributed by atoms with Crippen molar-refractivity contribution in [3.8, 4) is 0 Å². The molecule has 0 heterocycles. The van der Waals surface area contributed by atoms with Crippen LogP contribution in [0, 0.1) is 0 Å². The summed E-state index contributed by atoms with van der Waals surface area (Å²) in [5.74, 6) is -1.17. The number of benzene rings is 4. The summed E-state index contributed by atoms with van der Waals surface area (Å²) in [7, 11) is 0. The van der Waals surface area contributed by atoms with Crippen LogP contribution in [0.2, 0.25) is 0 Å². The molecule has 198 valence electrons. The number of hydrogen-bond acceptors (Lipinski definition) is 6. The molecule has 0 aliphatic heterocycles. The van der Waals surface area contributed by atoms with Crippen LogP contribution < -0.4 is 0 Å². The first-order valence-electron chi connectivity index (χ1n) is 12.8. The predicted octanol–water partition coefficient (Wildman–Crippen LogP) is 5.06. The Morgan fingerprint density at radius 3 is 1.26 bits per heavy atom. The van der Waals surface area contributed by atoms with Crippen molar-refractivity contribution in [1.82, 2.24) is 0 Å². The highest BCUT2D eigenvalue weighted by Gasteiger charge is 2.34. The first kappa shape index (κ1) is 27.4. The molecule has 0 fully saturated rings. The molecule has 38 heavy (non-hydrogen) atoms. The third-order valence-corrected chi connectivity index (χ3v) is 6.91. The van der Waals surface area contributed by atoms with Gasteiger partial charge in [0.2, 0.25) is 0 Å². The Bertz CT molecular complexity index is 1380. The maximum atomic E-state index is 10.4. The molecule has 6 N–H and O–H groups in total. The average molecular weight is 515 g/mol. The van der Waals surface area contributed by atoms with Crippen LogP contribution in [0.1, 0.15) is 36.1 Å². The lowest BCUT2D eigenvalue weighted by Crippen LogP contribution is -2.45. The fraction of sp³-hybridized carbons (Fsp3) is 0.250. The summed E-state index contributed by atoms with van der Waals surface area (Å²) in [6.45, 7) is 4.16. The largest absolute Gasteiger partial charge is 0.509 e. The molecule has 4 atom stereocenters. The molecule has 0 aliphatic carbocycles. The number of aryl methyl sites for hydroxylation is 2. The second-order valence-corrected chi connectivity index (χ2v) is 9.60. The van der Waals surface area contributed by atoms with Gasteiger partial charge in [0.15, 0.2) is 0 Å². The fourth-order valence-electron chi connectivity index (χ4n) is 4.48. The molecule has 0 aliphatic rings. The van der Waals surface area contributed by atoms with E-state index >= 15 is 0 Å². The number of fused-ring (bicyclic) bond motifs is 2. The van der Waals surface area contributed by atoms with Crippen LogP contribution in [-0.4, -0.2) is 55.1 Å². The highest BCUT2D eigenvalue weighted by Crippen LogP contribution is 2.23. The van der Waals surface area contributed by atoms with Crippen molar-refractivity contribution in [1.29, 1.82) is 0 Å². The monoisotopic (exact) mass is 514 g/mol. The van der Waals surface area contributed by atoms with E-state index < -0.39 is 35.9 Å². The van der Waals surface area contributed by atoms with Crippen LogP contribution >= 0.6 is 0 Å². The lowest BCUT2D eigenvalue weighted by atomic mass is 9.97. The van der Waals surface area contributed by atoms with E-state index in [9.17, 15) is 30.6 Å². The number of rotatable bonds is 9. The smallest absolute Gasteiger partial charge is 0.139 e. The minimum absolute atomic E-state index is 0.585. The number of hydrogen-bond donors (Lipinski definition) is 6. The molecule has 4 aromatic rings. The van der Waals surface area contributed by atoms with Crippen molar-refractivity contribution >= 4 is 33.7 Å². The lowest BCUT2D eigenvalue weighted by molar-refractivity contribution is -0.0996. The van der Waals surface area contributed by atoms with Crippen LogP contribution in [-0.2, 0) is 12.8 Å². The van der Waals surface area contributed by atoms with Gasteiger partial charge in [-0.05, 0) is 80.9 Å². The highest BCUT2D eigenvalue weighted by molar-refractivity contribution is 5.86. The molecule has 0 saturated heterocycles. The second kappa shape index (κ2) is 11.8. The molecular weight excluding hydrogens is 480 g/mol. The summed E-state index contributed by atoms with van der Waals surface area (Å²) in [5, 5.41) is 66.6. The predicted molar refractivity (Wildman–Crippen MR) is 152 cm³/mol. The minimum Gasteiger partial charge on any atom is -0.509 e. The minimum atomic E-state index is -1.96. The Balaban J connectivity index is 1.47. The van der Waals surface area contributed by atoms with E-state index in [-0.39, 0.29) is 0 Å². The zero-order valence-corrected chi connectivity index (χ0v) is 21.5. The fourth-order valence-corrected chi connectivity index (χ4v) is 4.48. The van der Waals surface area contributed by atoms with Gasteiger partial charge in [0.05, 0.1) is 0 Å². The van der Waals surface area contributed by atoms with Crippen LogP contribution in [0.4, 0.5) is 0 Å². The van der Waals surface area contributed by atoms with Gasteiger partial charge in [-0.1, -0.05) is 74.5 Å². The third kappa shape index (κ3) is 6.06. The van der Waals surface area contributed by atoms with Gasteiger partial charge in [-0.25, -0.2) is 0 Å². The quantitative estimate of drug-likeness (QED) is 0.174. The Morgan fingerprint density at radius 2 is 0.895 bits per heavy atom. The SMILES string of the molecule is CCc1ccc2cc(C=C(O)[C@@H](O)[C@@H](O)[C@H](O)[C@H](O)C(O)=Cc3ccc4cc(CC)ccc4c3)ccc2c1. The zero-order chi connectivity index (χ0) is 27.4. The van der Waals surface area contributed by atoms with E-state index in [0.717, 1.165) is 34.4 Å². The number of aliphatic hydroxyl groups excluding tert-OH is 6. The van der Waals surface area contributed by atoms with Crippen LogP contribution in [0.15, 0.2) is 84.3 Å². The third-order valence-electron chi connectivity index (χ3n) is 6.91. The van der Waals surface area contributed by atoms with Crippen molar-refractivity contribution in [2.75, 3.05) is 0 Å². The summed E-state index contributed by atoms with van der Waals surface area (Å²) >= 11 is 0. The van der Waals surface area contributed by atoms with E-state index in [4.69, 9.17) is 0 Å². The van der Waals surface area contributed by atoms with E-state index in [0.29, 0.717) is 11.1 Å². The zero-order valence-electron chi connectivity index (χ0n) is 21.5. The standard InChI is InChI=1S/C32H34O6/c1-3-19-5-9-25-15-21(7-11-23(25)13-19)17-27(33)29(35)31(37)32(38)30(36)28(34)18-22-8-12-24-14-20(4-2)6-10-26(24)16-22/h5-18,29-38H,3-4H2,1-2H3/t29-,30-,31-,32-/m1/s1. The molecular formula is C32H34O6. The molecule has 6 nitrogen and oxygen atoms in total. The average Bonchev–Trinajstić information content (AvgIpc) is 2.94. The normalized spacial score (nSPS) is 15.9. The Morgan fingerprint density at radius 1 is 0.553 bits per heavy atom. The molecule has 6 heteroatoms. The Hall–Kier alpha value is -3.68. The van der Waals surface area contributed by atoms with Crippen LogP contribution in [0.5, 0.6) is 0 Å². The van der Waals surface area contributed by atoms with Gasteiger partial charge in [0.1, 0.15) is 35.9 Å². The topological polar surface area (TPSA) is 121 Å². The van der Waals surface area contributed by atoms with Crippen molar-refractivity contribution < 1.29 is 30.6 Å². The van der Waals surface area contributed by atoms with Gasteiger partial charge in [-0.3, -0.25) is 0 Å². The highest BCUT2D eigenvalue weighted by atomic mass is 16.4. The molecule has 0 saturated carbocycles. The van der Waals surface area contributed by atoms with E-state index in [1.54, 1.807) is 12.1 Å². The molecule has 0 radical (unpaired) electrons. The molecule has 4 aromatic carbocycles. The van der Waals surface area contributed by atoms with Crippen molar-refractivity contribution in [3.05, 3.63) is 107 Å². The number of aliphatic hydroxyl groups is 6. The molecule has 0 amide bonds. The van der Waals surface area contributed by atoms with Crippen molar-refractivity contribution in [2.45, 2.75) is 51.1 Å². The molecule has 4 rings (SSSR count). The van der Waals surface area contributed by atoms with E-state index in [1.807, 2.05) is 48.5 Å². The van der Waals surface area contributed by atoms with Gasteiger partial charge in [-0.15, -0.1) is 0 Å². The molecule has 0 spiro atoms. The van der Waals surface area contributed by atoms with Gasteiger partial charge < -0.3 is 30.6 Å².